The number of benzene rings is 2. The first-order valence-electron chi connectivity index (χ1n) is 10.7. The smallest absolute Gasteiger partial charge is 0.239 e. The minimum absolute atomic E-state index is 0.235. The van der Waals surface area contributed by atoms with Crippen LogP contribution in [0.15, 0.2) is 59.6 Å². The van der Waals surface area contributed by atoms with Gasteiger partial charge in [-0.2, -0.15) is 4.73 Å². The molecule has 1 fully saturated rings. The average Bonchev–Trinajstić information content (AvgIpc) is 2.79. The fraction of sp³-hybridized carbons (Fsp3) is 0.280. The quantitative estimate of drug-likeness (QED) is 0.183. The van der Waals surface area contributed by atoms with Crippen LogP contribution < -0.4 is 9.63 Å². The summed E-state index contributed by atoms with van der Waals surface area (Å²) in [6.45, 7) is 5.07. The number of fused-ring (bicyclic) bond motifs is 1. The summed E-state index contributed by atoms with van der Waals surface area (Å²) in [6.07, 6.45) is 4.44. The highest BCUT2D eigenvalue weighted by Crippen LogP contribution is 2.38. The minimum Gasteiger partial charge on any atom is -0.618 e. The second-order valence-electron chi connectivity index (χ2n) is 7.86. The maximum absolute atomic E-state index is 15.3. The first kappa shape index (κ1) is 22.3. The molecular weight excluding hydrogens is 425 g/mol. The molecule has 4 rings (SSSR count). The Morgan fingerprint density at radius 3 is 2.59 bits per heavy atom. The number of carbonyl (C=O) groups excluding carboxylic acids is 1. The number of thioether (sulfide) groups is 1. The lowest BCUT2D eigenvalue weighted by atomic mass is 10.1. The summed E-state index contributed by atoms with van der Waals surface area (Å²) < 4.78 is 16.1. The lowest BCUT2D eigenvalue weighted by Crippen LogP contribution is -2.45. The van der Waals surface area contributed by atoms with Crippen molar-refractivity contribution in [3.8, 4) is 0 Å². The van der Waals surface area contributed by atoms with Crippen molar-refractivity contribution in [3.63, 3.8) is 0 Å². The Morgan fingerprint density at radius 1 is 1.19 bits per heavy atom. The van der Waals surface area contributed by atoms with Gasteiger partial charge in [-0.3, -0.25) is 4.79 Å². The molecule has 0 bridgehead atoms. The van der Waals surface area contributed by atoms with Gasteiger partial charge in [0, 0.05) is 26.2 Å². The van der Waals surface area contributed by atoms with Crippen molar-refractivity contribution in [2.24, 2.45) is 0 Å². The van der Waals surface area contributed by atoms with Crippen molar-refractivity contribution >= 4 is 40.2 Å². The predicted octanol–water partition coefficient (Wildman–Crippen LogP) is 4.37. The number of ketones is 1. The number of allylic oxidation sites excluding steroid dienone is 1. The first-order valence-corrected chi connectivity index (χ1v) is 11.7. The Labute approximate surface area is 191 Å². The Hall–Kier alpha value is -2.90. The van der Waals surface area contributed by atoms with Gasteiger partial charge in [0.15, 0.2) is 12.0 Å². The van der Waals surface area contributed by atoms with E-state index >= 15 is 4.39 Å². The fourth-order valence-corrected chi connectivity index (χ4v) is 4.93. The van der Waals surface area contributed by atoms with E-state index < -0.39 is 0 Å². The number of likely N-dealkylation sites (N-methyl/N-ethyl adjacent to an activating group) is 1. The molecule has 0 unspecified atom stereocenters. The summed E-state index contributed by atoms with van der Waals surface area (Å²) in [5.41, 5.74) is 2.03. The zero-order chi connectivity index (χ0) is 22.7. The second-order valence-corrected chi connectivity index (χ2v) is 9.13. The Balaban J connectivity index is 1.75. The number of hydrogen-bond donors (Lipinski definition) is 0. The Bertz CT molecular complexity index is 1160. The monoisotopic (exact) mass is 451 g/mol. The minimum atomic E-state index is -0.359. The molecule has 0 saturated carbocycles. The van der Waals surface area contributed by atoms with E-state index in [1.54, 1.807) is 12.1 Å². The van der Waals surface area contributed by atoms with Crippen LogP contribution in [0.5, 0.6) is 0 Å². The maximum Gasteiger partial charge on any atom is 0.239 e. The fourth-order valence-electron chi connectivity index (χ4n) is 3.93. The number of carbonyl (C=O) groups is 1. The van der Waals surface area contributed by atoms with Crippen molar-refractivity contribution in [1.29, 1.82) is 0 Å². The van der Waals surface area contributed by atoms with Crippen LogP contribution in [0.25, 0.3) is 17.0 Å². The van der Waals surface area contributed by atoms with Crippen LogP contribution in [0.1, 0.15) is 22.8 Å². The molecule has 2 aromatic carbocycles. The third-order valence-electron chi connectivity index (χ3n) is 5.62. The van der Waals surface area contributed by atoms with Crippen LogP contribution >= 0.6 is 11.8 Å². The van der Waals surface area contributed by atoms with E-state index in [4.69, 9.17) is 0 Å². The van der Waals surface area contributed by atoms with E-state index in [0.29, 0.717) is 40.3 Å². The Kier molecular flexibility index (Phi) is 6.77. The zero-order valence-electron chi connectivity index (χ0n) is 18.3. The Morgan fingerprint density at radius 2 is 1.91 bits per heavy atom. The highest BCUT2D eigenvalue weighted by molar-refractivity contribution is 7.99. The summed E-state index contributed by atoms with van der Waals surface area (Å²) in [7, 11) is 2.05. The largest absolute Gasteiger partial charge is 0.618 e. The number of aromatic nitrogens is 1. The molecule has 0 amide bonds. The zero-order valence-corrected chi connectivity index (χ0v) is 19.1. The van der Waals surface area contributed by atoms with Crippen molar-refractivity contribution in [2.75, 3.05) is 43.9 Å². The molecule has 1 saturated heterocycles. The lowest BCUT2D eigenvalue weighted by molar-refractivity contribution is -0.578. The van der Waals surface area contributed by atoms with Gasteiger partial charge in [-0.05, 0) is 36.6 Å². The second kappa shape index (κ2) is 9.71. The molecule has 0 N–H and O–H groups in total. The van der Waals surface area contributed by atoms with E-state index in [1.165, 1.54) is 30.1 Å². The van der Waals surface area contributed by atoms with E-state index in [2.05, 4.69) is 4.90 Å². The molecule has 1 aliphatic rings. The summed E-state index contributed by atoms with van der Waals surface area (Å²) >= 11 is 1.46. The summed E-state index contributed by atoms with van der Waals surface area (Å²) in [6, 6.07) is 12.5. The summed E-state index contributed by atoms with van der Waals surface area (Å²) in [5, 5.41) is 13.5. The van der Waals surface area contributed by atoms with E-state index in [9.17, 15) is 10.0 Å². The van der Waals surface area contributed by atoms with Crippen molar-refractivity contribution < 1.29 is 13.9 Å². The molecule has 1 aromatic heterocycles. The molecule has 0 atom stereocenters. The number of pyridine rings is 1. The van der Waals surface area contributed by atoms with Gasteiger partial charge >= 0.3 is 0 Å². The molecule has 5 nitrogen and oxygen atoms in total. The topological polar surface area (TPSA) is 50.5 Å². The van der Waals surface area contributed by atoms with E-state index in [-0.39, 0.29) is 17.2 Å². The third kappa shape index (κ3) is 4.64. The number of piperazine rings is 1. The molecule has 32 heavy (non-hydrogen) atoms. The van der Waals surface area contributed by atoms with Crippen LogP contribution in [-0.4, -0.2) is 49.7 Å². The SMILES string of the molecule is CCSc1c(N2CCN(C)CC2)c(F)cc2cc(C(=O)C=Cc3ccccc3)c[n+]([O-])c12. The average molecular weight is 452 g/mol. The number of nitrogens with zero attached hydrogens (tertiary/aromatic N) is 3. The lowest BCUT2D eigenvalue weighted by Gasteiger charge is -2.35. The van der Waals surface area contributed by atoms with Gasteiger partial charge < -0.3 is 15.0 Å². The molecule has 0 aliphatic carbocycles. The van der Waals surface area contributed by atoms with Gasteiger partial charge in [0.1, 0.15) is 10.7 Å². The normalized spacial score (nSPS) is 15.0. The van der Waals surface area contributed by atoms with Gasteiger partial charge in [0.25, 0.3) is 0 Å². The third-order valence-corrected chi connectivity index (χ3v) is 6.58. The highest BCUT2D eigenvalue weighted by atomic mass is 32.2. The van der Waals surface area contributed by atoms with Crippen LogP contribution in [0.3, 0.4) is 0 Å². The van der Waals surface area contributed by atoms with Gasteiger partial charge in [-0.25, -0.2) is 4.39 Å². The number of halogens is 1. The number of rotatable bonds is 6. The standard InChI is InChI=1S/C25H26FN3O2S/c1-3-32-25-23-19(16-21(26)24(25)28-13-11-27(2)12-14-28)15-20(17-29(23)31)22(30)10-9-18-7-5-4-6-8-18/h4-10,15-17H,3,11-14H2,1-2H3. The molecule has 0 radical (unpaired) electrons. The van der Waals surface area contributed by atoms with E-state index in [0.717, 1.165) is 23.4 Å². The molecule has 166 valence electrons. The molecular formula is C25H26FN3O2S. The molecule has 0 spiro atoms. The number of anilines is 1. The van der Waals surface area contributed by atoms with Gasteiger partial charge in [0.05, 0.1) is 16.6 Å². The maximum atomic E-state index is 15.3. The van der Waals surface area contributed by atoms with Crippen LogP contribution in [0.4, 0.5) is 10.1 Å². The van der Waals surface area contributed by atoms with Gasteiger partial charge in [-0.15, -0.1) is 11.8 Å². The van der Waals surface area contributed by atoms with Gasteiger partial charge in [-0.1, -0.05) is 43.3 Å². The first-order chi connectivity index (χ1) is 15.5. The van der Waals surface area contributed by atoms with Crippen molar-refractivity contribution in [1.82, 2.24) is 4.90 Å². The van der Waals surface area contributed by atoms with Crippen molar-refractivity contribution in [3.05, 3.63) is 76.9 Å². The highest BCUT2D eigenvalue weighted by Gasteiger charge is 2.27. The number of hydrogen-bond acceptors (Lipinski definition) is 5. The van der Waals surface area contributed by atoms with Crippen LogP contribution in [0, 0.1) is 11.0 Å². The van der Waals surface area contributed by atoms with E-state index in [1.807, 2.05) is 49.2 Å². The van der Waals surface area contributed by atoms with Crippen LogP contribution in [0.2, 0.25) is 0 Å². The van der Waals surface area contributed by atoms with Gasteiger partial charge in [0.2, 0.25) is 5.52 Å². The molecule has 3 aromatic rings. The predicted molar refractivity (Wildman–Crippen MR) is 129 cm³/mol. The molecule has 7 heteroatoms. The summed E-state index contributed by atoms with van der Waals surface area (Å²) in [5.74, 6) is 0.0517. The van der Waals surface area contributed by atoms with Crippen molar-refractivity contribution in [2.45, 2.75) is 11.8 Å². The molecule has 1 aliphatic heterocycles. The summed E-state index contributed by atoms with van der Waals surface area (Å²) in [4.78, 5) is 17.6. The molecule has 2 heterocycles. The van der Waals surface area contributed by atoms with Crippen LogP contribution in [-0.2, 0) is 0 Å².